The zero-order valence-corrected chi connectivity index (χ0v) is 13.9. The van der Waals surface area contributed by atoms with E-state index in [-0.39, 0.29) is 21.3 Å². The van der Waals surface area contributed by atoms with Crippen LogP contribution in [0.25, 0.3) is 0 Å². The van der Waals surface area contributed by atoms with E-state index in [4.69, 9.17) is 27.9 Å². The van der Waals surface area contributed by atoms with Crippen LogP contribution in [-0.4, -0.2) is 18.5 Å². The molecule has 0 fully saturated rings. The van der Waals surface area contributed by atoms with E-state index in [1.54, 1.807) is 6.07 Å². The van der Waals surface area contributed by atoms with E-state index in [1.165, 1.54) is 12.1 Å². The van der Waals surface area contributed by atoms with Crippen molar-refractivity contribution in [2.24, 2.45) is 0 Å². The Labute approximate surface area is 150 Å². The summed E-state index contributed by atoms with van der Waals surface area (Å²) in [5.41, 5.74) is -1.17. The second-order valence-electron chi connectivity index (χ2n) is 4.80. The molecule has 0 unspecified atom stereocenters. The molecule has 0 saturated carbocycles. The molecular formula is C16H10Cl2F3NO3. The Balaban J connectivity index is 1.99. The lowest BCUT2D eigenvalue weighted by atomic mass is 10.1. The molecule has 0 bridgehead atoms. The monoisotopic (exact) mass is 391 g/mol. The minimum absolute atomic E-state index is 0.144. The number of ether oxygens (including phenoxy) is 1. The molecular weight excluding hydrogens is 382 g/mol. The summed E-state index contributed by atoms with van der Waals surface area (Å²) in [4.78, 5) is 23.6. The van der Waals surface area contributed by atoms with Crippen LogP contribution in [-0.2, 0) is 15.7 Å². The first-order valence-electron chi connectivity index (χ1n) is 6.76. The molecule has 0 aliphatic rings. The number of carbonyl (C=O) groups excluding carboxylic acids is 2. The third kappa shape index (κ3) is 5.11. The standard InChI is InChI=1S/C16H10Cl2F3NO3/c17-11-5-2-6-12(18)14(11)22-13(23)8-25-15(24)9-3-1-4-10(7-9)16(19,20)21/h1-7H,8H2,(H,22,23). The molecule has 2 rings (SSSR count). The number of para-hydroxylation sites is 1. The third-order valence-corrected chi connectivity index (χ3v) is 3.62. The van der Waals surface area contributed by atoms with Crippen LogP contribution in [0, 0.1) is 0 Å². The Kier molecular flexibility index (Phi) is 5.92. The smallest absolute Gasteiger partial charge is 0.416 e. The van der Waals surface area contributed by atoms with Gasteiger partial charge < -0.3 is 10.1 Å². The predicted octanol–water partition coefficient (Wildman–Crippen LogP) is 4.81. The maximum Gasteiger partial charge on any atom is 0.416 e. The van der Waals surface area contributed by atoms with Crippen LogP contribution in [0.1, 0.15) is 15.9 Å². The Bertz CT molecular complexity index is 789. The Morgan fingerprint density at radius 2 is 1.64 bits per heavy atom. The summed E-state index contributed by atoms with van der Waals surface area (Å²) in [5, 5.41) is 2.73. The van der Waals surface area contributed by atoms with Crippen molar-refractivity contribution in [2.45, 2.75) is 6.18 Å². The number of hydrogen-bond donors (Lipinski definition) is 1. The minimum atomic E-state index is -4.59. The maximum absolute atomic E-state index is 12.6. The first kappa shape index (κ1) is 19.1. The molecule has 0 aliphatic carbocycles. The molecule has 9 heteroatoms. The molecule has 0 aromatic heterocycles. The molecule has 25 heavy (non-hydrogen) atoms. The van der Waals surface area contributed by atoms with Gasteiger partial charge in [-0.2, -0.15) is 13.2 Å². The number of anilines is 1. The fraction of sp³-hybridized carbons (Fsp3) is 0.125. The zero-order valence-electron chi connectivity index (χ0n) is 12.4. The average molecular weight is 392 g/mol. The molecule has 1 N–H and O–H groups in total. The SMILES string of the molecule is O=C(COC(=O)c1cccc(C(F)(F)F)c1)Nc1c(Cl)cccc1Cl. The van der Waals surface area contributed by atoms with Crippen molar-refractivity contribution in [3.8, 4) is 0 Å². The first-order chi connectivity index (χ1) is 11.7. The van der Waals surface area contributed by atoms with Crippen molar-refractivity contribution < 1.29 is 27.5 Å². The van der Waals surface area contributed by atoms with Crippen LogP contribution >= 0.6 is 23.2 Å². The lowest BCUT2D eigenvalue weighted by Gasteiger charge is -2.10. The van der Waals surface area contributed by atoms with Gasteiger partial charge in [0.2, 0.25) is 0 Å². The number of nitrogens with one attached hydrogen (secondary N) is 1. The number of amides is 1. The van der Waals surface area contributed by atoms with Gasteiger partial charge in [0.25, 0.3) is 5.91 Å². The topological polar surface area (TPSA) is 55.4 Å². The number of rotatable bonds is 4. The molecule has 0 saturated heterocycles. The number of benzene rings is 2. The van der Waals surface area contributed by atoms with Gasteiger partial charge in [-0.25, -0.2) is 4.79 Å². The number of carbonyl (C=O) groups is 2. The van der Waals surface area contributed by atoms with E-state index >= 15 is 0 Å². The largest absolute Gasteiger partial charge is 0.452 e. The fourth-order valence-electron chi connectivity index (χ4n) is 1.83. The highest BCUT2D eigenvalue weighted by atomic mass is 35.5. The molecule has 1 amide bonds. The maximum atomic E-state index is 12.6. The predicted molar refractivity (Wildman–Crippen MR) is 86.8 cm³/mol. The van der Waals surface area contributed by atoms with Gasteiger partial charge in [0.05, 0.1) is 26.9 Å². The summed E-state index contributed by atoms with van der Waals surface area (Å²) in [7, 11) is 0. The van der Waals surface area contributed by atoms with Crippen molar-refractivity contribution >= 4 is 40.8 Å². The molecule has 2 aromatic rings. The van der Waals surface area contributed by atoms with Crippen LogP contribution in [0.3, 0.4) is 0 Å². The lowest BCUT2D eigenvalue weighted by molar-refractivity contribution is -0.137. The number of hydrogen-bond acceptors (Lipinski definition) is 3. The summed E-state index contributed by atoms with van der Waals surface area (Å²) in [6.07, 6.45) is -4.59. The van der Waals surface area contributed by atoms with Crippen LogP contribution in [0.4, 0.5) is 18.9 Å². The summed E-state index contributed by atoms with van der Waals surface area (Å²) in [6.45, 7) is -0.712. The Hall–Kier alpha value is -2.25. The molecule has 0 heterocycles. The summed E-state index contributed by atoms with van der Waals surface area (Å²) in [5.74, 6) is -1.80. The zero-order chi connectivity index (χ0) is 18.6. The lowest BCUT2D eigenvalue weighted by Crippen LogP contribution is -2.21. The highest BCUT2D eigenvalue weighted by Gasteiger charge is 2.31. The Morgan fingerprint density at radius 1 is 1.04 bits per heavy atom. The molecule has 0 spiro atoms. The van der Waals surface area contributed by atoms with Crippen LogP contribution in [0.15, 0.2) is 42.5 Å². The van der Waals surface area contributed by atoms with Gasteiger partial charge in [-0.15, -0.1) is 0 Å². The van der Waals surface area contributed by atoms with E-state index in [9.17, 15) is 22.8 Å². The van der Waals surface area contributed by atoms with E-state index in [1.807, 2.05) is 0 Å². The number of halogens is 5. The summed E-state index contributed by atoms with van der Waals surface area (Å²) in [6, 6.07) is 8.26. The normalized spacial score (nSPS) is 11.1. The summed E-state index contributed by atoms with van der Waals surface area (Å²) < 4.78 is 42.6. The fourth-order valence-corrected chi connectivity index (χ4v) is 2.32. The molecule has 0 atom stereocenters. The van der Waals surface area contributed by atoms with Gasteiger partial charge in [0.1, 0.15) is 0 Å². The van der Waals surface area contributed by atoms with Crippen molar-refractivity contribution in [1.29, 1.82) is 0 Å². The van der Waals surface area contributed by atoms with Crippen molar-refractivity contribution in [2.75, 3.05) is 11.9 Å². The van der Waals surface area contributed by atoms with Crippen molar-refractivity contribution in [3.05, 3.63) is 63.6 Å². The van der Waals surface area contributed by atoms with Gasteiger partial charge in [0.15, 0.2) is 6.61 Å². The molecule has 2 aromatic carbocycles. The number of esters is 1. The minimum Gasteiger partial charge on any atom is -0.452 e. The van der Waals surface area contributed by atoms with E-state index < -0.39 is 30.2 Å². The van der Waals surface area contributed by atoms with Gasteiger partial charge >= 0.3 is 12.1 Å². The molecule has 4 nitrogen and oxygen atoms in total. The summed E-state index contributed by atoms with van der Waals surface area (Å²) >= 11 is 11.8. The van der Waals surface area contributed by atoms with E-state index in [0.717, 1.165) is 18.2 Å². The van der Waals surface area contributed by atoms with Crippen LogP contribution in [0.2, 0.25) is 10.0 Å². The van der Waals surface area contributed by atoms with E-state index in [0.29, 0.717) is 6.07 Å². The first-order valence-corrected chi connectivity index (χ1v) is 7.52. The van der Waals surface area contributed by atoms with Crippen LogP contribution < -0.4 is 5.32 Å². The molecule has 0 radical (unpaired) electrons. The van der Waals surface area contributed by atoms with Crippen molar-refractivity contribution in [3.63, 3.8) is 0 Å². The third-order valence-electron chi connectivity index (χ3n) is 2.99. The van der Waals surface area contributed by atoms with Gasteiger partial charge in [0, 0.05) is 0 Å². The molecule has 132 valence electrons. The Morgan fingerprint density at radius 3 is 2.24 bits per heavy atom. The highest BCUT2D eigenvalue weighted by molar-refractivity contribution is 6.39. The van der Waals surface area contributed by atoms with Crippen molar-refractivity contribution in [1.82, 2.24) is 0 Å². The second-order valence-corrected chi connectivity index (χ2v) is 5.61. The number of alkyl halides is 3. The second kappa shape index (κ2) is 7.76. The van der Waals surface area contributed by atoms with E-state index in [2.05, 4.69) is 5.32 Å². The van der Waals surface area contributed by atoms with Gasteiger partial charge in [-0.1, -0.05) is 35.3 Å². The van der Waals surface area contributed by atoms with Gasteiger partial charge in [-0.05, 0) is 30.3 Å². The average Bonchev–Trinajstić information content (AvgIpc) is 2.55. The quantitative estimate of drug-likeness (QED) is 0.761. The molecule has 0 aliphatic heterocycles. The van der Waals surface area contributed by atoms with Crippen LogP contribution in [0.5, 0.6) is 0 Å². The highest BCUT2D eigenvalue weighted by Crippen LogP contribution is 2.30. The van der Waals surface area contributed by atoms with Gasteiger partial charge in [-0.3, -0.25) is 4.79 Å².